The van der Waals surface area contributed by atoms with E-state index in [1.54, 1.807) is 10.9 Å². The Balaban J connectivity index is 1.39. The lowest BCUT2D eigenvalue weighted by molar-refractivity contribution is 0.0628. The van der Waals surface area contributed by atoms with Gasteiger partial charge < -0.3 is 4.90 Å². The molecule has 4 rings (SSSR count). The molecule has 132 valence electrons. The number of aromatic nitrogens is 5. The van der Waals surface area contributed by atoms with Gasteiger partial charge >= 0.3 is 0 Å². The Morgan fingerprint density at radius 3 is 2.69 bits per heavy atom. The lowest BCUT2D eigenvalue weighted by atomic mass is 10.1. The van der Waals surface area contributed by atoms with Crippen LogP contribution in [0.25, 0.3) is 5.69 Å². The van der Waals surface area contributed by atoms with Gasteiger partial charge in [0.1, 0.15) is 6.33 Å². The highest BCUT2D eigenvalue weighted by Crippen LogP contribution is 2.14. The number of pyridine rings is 1. The summed E-state index contributed by atoms with van der Waals surface area (Å²) >= 11 is 0. The molecule has 1 fully saturated rings. The minimum Gasteiger partial charge on any atom is -0.336 e. The van der Waals surface area contributed by atoms with E-state index in [0.29, 0.717) is 18.7 Å². The molecule has 0 aliphatic carbocycles. The third-order valence-electron chi connectivity index (χ3n) is 4.50. The maximum Gasteiger partial charge on any atom is 0.254 e. The SMILES string of the molecule is O=C(c1cccc(-n2cnnn2)c1)N1CCN(Cc2cccnc2)CC1. The van der Waals surface area contributed by atoms with Gasteiger partial charge in [-0.25, -0.2) is 4.68 Å². The average Bonchev–Trinajstić information content (AvgIpc) is 3.24. The molecule has 0 radical (unpaired) electrons. The first-order chi connectivity index (χ1) is 12.8. The molecule has 1 aliphatic heterocycles. The van der Waals surface area contributed by atoms with Crippen LogP contribution in [0.4, 0.5) is 0 Å². The third-order valence-corrected chi connectivity index (χ3v) is 4.50. The van der Waals surface area contributed by atoms with Gasteiger partial charge in [-0.15, -0.1) is 5.10 Å². The molecule has 0 saturated carbocycles. The van der Waals surface area contributed by atoms with Gasteiger partial charge in [0.05, 0.1) is 5.69 Å². The fourth-order valence-corrected chi connectivity index (χ4v) is 3.10. The zero-order chi connectivity index (χ0) is 17.8. The number of hydrogen-bond donors (Lipinski definition) is 0. The summed E-state index contributed by atoms with van der Waals surface area (Å²) in [7, 11) is 0. The molecule has 1 saturated heterocycles. The predicted octanol–water partition coefficient (Wildman–Crippen LogP) is 1.02. The van der Waals surface area contributed by atoms with E-state index in [9.17, 15) is 4.79 Å². The molecule has 8 nitrogen and oxygen atoms in total. The van der Waals surface area contributed by atoms with Crippen LogP contribution in [-0.4, -0.2) is 67.1 Å². The number of benzene rings is 1. The standard InChI is InChI=1S/C18H19N7O/c26-18(16-4-1-5-17(11-16)25-14-20-21-22-25)24-9-7-23(8-10-24)13-15-3-2-6-19-12-15/h1-6,11-12,14H,7-10,13H2. The number of hydrogen-bond acceptors (Lipinski definition) is 6. The normalized spacial score (nSPS) is 15.2. The van der Waals surface area contributed by atoms with Crippen LogP contribution in [-0.2, 0) is 6.54 Å². The van der Waals surface area contributed by atoms with Gasteiger partial charge in [-0.3, -0.25) is 14.7 Å². The fraction of sp³-hybridized carbons (Fsp3) is 0.278. The summed E-state index contributed by atoms with van der Waals surface area (Å²) in [5.74, 6) is 0.0425. The number of tetrazole rings is 1. The molecule has 2 aromatic heterocycles. The minimum absolute atomic E-state index is 0.0425. The van der Waals surface area contributed by atoms with Crippen molar-refractivity contribution in [2.45, 2.75) is 6.54 Å². The molecule has 0 spiro atoms. The van der Waals surface area contributed by atoms with E-state index in [1.807, 2.05) is 41.4 Å². The average molecular weight is 349 g/mol. The van der Waals surface area contributed by atoms with Crippen molar-refractivity contribution in [3.8, 4) is 5.69 Å². The summed E-state index contributed by atoms with van der Waals surface area (Å²) < 4.78 is 1.54. The zero-order valence-electron chi connectivity index (χ0n) is 14.3. The highest BCUT2D eigenvalue weighted by molar-refractivity contribution is 5.94. The molecule has 26 heavy (non-hydrogen) atoms. The molecular weight excluding hydrogens is 330 g/mol. The monoisotopic (exact) mass is 349 g/mol. The van der Waals surface area contributed by atoms with Crippen molar-refractivity contribution in [2.24, 2.45) is 0 Å². The van der Waals surface area contributed by atoms with E-state index in [2.05, 4.69) is 31.5 Å². The van der Waals surface area contributed by atoms with E-state index in [0.717, 1.165) is 25.3 Å². The lowest BCUT2D eigenvalue weighted by Gasteiger charge is -2.34. The summed E-state index contributed by atoms with van der Waals surface area (Å²) in [6.07, 6.45) is 5.19. The van der Waals surface area contributed by atoms with Crippen molar-refractivity contribution in [3.63, 3.8) is 0 Å². The lowest BCUT2D eigenvalue weighted by Crippen LogP contribution is -2.48. The van der Waals surface area contributed by atoms with Gasteiger partial charge in [0, 0.05) is 50.7 Å². The Kier molecular flexibility index (Phi) is 4.65. The first-order valence-electron chi connectivity index (χ1n) is 8.53. The quantitative estimate of drug-likeness (QED) is 0.699. The van der Waals surface area contributed by atoms with E-state index < -0.39 is 0 Å². The molecule has 3 heterocycles. The van der Waals surface area contributed by atoms with Crippen LogP contribution < -0.4 is 0 Å². The highest BCUT2D eigenvalue weighted by Gasteiger charge is 2.22. The van der Waals surface area contributed by atoms with Crippen LogP contribution in [0.1, 0.15) is 15.9 Å². The Morgan fingerprint density at radius 1 is 1.08 bits per heavy atom. The summed E-state index contributed by atoms with van der Waals surface area (Å²) in [6.45, 7) is 4.01. The number of rotatable bonds is 4. The van der Waals surface area contributed by atoms with Crippen molar-refractivity contribution in [3.05, 3.63) is 66.2 Å². The van der Waals surface area contributed by atoms with Crippen molar-refractivity contribution in [2.75, 3.05) is 26.2 Å². The van der Waals surface area contributed by atoms with Crippen LogP contribution in [0.5, 0.6) is 0 Å². The van der Waals surface area contributed by atoms with Crippen LogP contribution >= 0.6 is 0 Å². The molecule has 0 atom stereocenters. The second kappa shape index (κ2) is 7.40. The Labute approximate surface area is 151 Å². The second-order valence-corrected chi connectivity index (χ2v) is 6.23. The van der Waals surface area contributed by atoms with E-state index in [-0.39, 0.29) is 5.91 Å². The first-order valence-corrected chi connectivity index (χ1v) is 8.53. The summed E-state index contributed by atoms with van der Waals surface area (Å²) in [6, 6.07) is 11.4. The van der Waals surface area contributed by atoms with E-state index in [4.69, 9.17) is 0 Å². The van der Waals surface area contributed by atoms with Gasteiger partial charge in [-0.05, 0) is 40.3 Å². The Morgan fingerprint density at radius 2 is 1.96 bits per heavy atom. The van der Waals surface area contributed by atoms with Crippen LogP contribution in [0.2, 0.25) is 0 Å². The molecular formula is C18H19N7O. The van der Waals surface area contributed by atoms with Gasteiger partial charge in [0.15, 0.2) is 0 Å². The van der Waals surface area contributed by atoms with Gasteiger partial charge in [0.2, 0.25) is 0 Å². The van der Waals surface area contributed by atoms with Gasteiger partial charge in [-0.1, -0.05) is 12.1 Å². The maximum absolute atomic E-state index is 12.8. The van der Waals surface area contributed by atoms with E-state index in [1.165, 1.54) is 11.9 Å². The van der Waals surface area contributed by atoms with Crippen LogP contribution in [0.15, 0.2) is 55.1 Å². The fourth-order valence-electron chi connectivity index (χ4n) is 3.10. The van der Waals surface area contributed by atoms with Gasteiger partial charge in [0.25, 0.3) is 5.91 Å². The topological polar surface area (TPSA) is 80.0 Å². The number of amides is 1. The Bertz CT molecular complexity index is 858. The minimum atomic E-state index is 0.0425. The van der Waals surface area contributed by atoms with Crippen molar-refractivity contribution < 1.29 is 4.79 Å². The van der Waals surface area contributed by atoms with Crippen molar-refractivity contribution >= 4 is 5.91 Å². The highest BCUT2D eigenvalue weighted by atomic mass is 16.2. The zero-order valence-corrected chi connectivity index (χ0v) is 14.3. The molecule has 3 aromatic rings. The van der Waals surface area contributed by atoms with Gasteiger partial charge in [-0.2, -0.15) is 0 Å². The molecule has 0 N–H and O–H groups in total. The second-order valence-electron chi connectivity index (χ2n) is 6.23. The largest absolute Gasteiger partial charge is 0.336 e. The summed E-state index contributed by atoms with van der Waals surface area (Å²) in [5, 5.41) is 11.1. The smallest absolute Gasteiger partial charge is 0.254 e. The molecule has 1 amide bonds. The number of carbonyl (C=O) groups is 1. The molecule has 0 unspecified atom stereocenters. The summed E-state index contributed by atoms with van der Waals surface area (Å²) in [5.41, 5.74) is 2.62. The van der Waals surface area contributed by atoms with E-state index >= 15 is 0 Å². The van der Waals surface area contributed by atoms with Crippen LogP contribution in [0.3, 0.4) is 0 Å². The van der Waals surface area contributed by atoms with Crippen LogP contribution in [0, 0.1) is 0 Å². The molecule has 1 aromatic carbocycles. The molecule has 0 bridgehead atoms. The molecule has 8 heteroatoms. The number of nitrogens with zero attached hydrogens (tertiary/aromatic N) is 7. The molecule has 1 aliphatic rings. The van der Waals surface area contributed by atoms with Crippen molar-refractivity contribution in [1.29, 1.82) is 0 Å². The third kappa shape index (κ3) is 3.60. The van der Waals surface area contributed by atoms with Crippen molar-refractivity contribution in [1.82, 2.24) is 35.0 Å². The maximum atomic E-state index is 12.8. The first kappa shape index (κ1) is 16.3. The number of carbonyl (C=O) groups excluding carboxylic acids is 1. The summed E-state index contributed by atoms with van der Waals surface area (Å²) in [4.78, 5) is 21.2. The Hall–Kier alpha value is -3.13. The predicted molar refractivity (Wildman–Crippen MR) is 94.6 cm³/mol. The number of piperazine rings is 1.